The Morgan fingerprint density at radius 1 is 1.05 bits per heavy atom. The Balaban J connectivity index is 1.19. The fraction of sp³-hybridized carbons (Fsp3) is 0.214. The maximum Gasteiger partial charge on any atom is 0.573 e. The number of halogens is 3. The summed E-state index contributed by atoms with van der Waals surface area (Å²) in [4.78, 5) is 23.3. The fourth-order valence-electron chi connectivity index (χ4n) is 4.33. The van der Waals surface area contributed by atoms with E-state index in [9.17, 15) is 18.0 Å². The summed E-state index contributed by atoms with van der Waals surface area (Å²) in [7, 11) is 0. The molecule has 2 heterocycles. The summed E-state index contributed by atoms with van der Waals surface area (Å²) in [5.74, 6) is 0.997. The van der Waals surface area contributed by atoms with Gasteiger partial charge in [0, 0.05) is 30.1 Å². The second-order valence-corrected chi connectivity index (χ2v) is 10.1. The number of hydrogen-bond donors (Lipinski definition) is 1. The van der Waals surface area contributed by atoms with E-state index in [0.717, 1.165) is 40.2 Å². The van der Waals surface area contributed by atoms with E-state index in [0.29, 0.717) is 23.2 Å². The number of para-hydroxylation sites is 1. The van der Waals surface area contributed by atoms with Crippen LogP contribution in [0.3, 0.4) is 0 Å². The van der Waals surface area contributed by atoms with Crippen LogP contribution in [0.25, 0.3) is 17.1 Å². The van der Waals surface area contributed by atoms with Crippen molar-refractivity contribution in [3.63, 3.8) is 0 Å². The molecule has 1 fully saturated rings. The number of nitrogens with one attached hydrogen (secondary N) is 1. The summed E-state index contributed by atoms with van der Waals surface area (Å²) < 4.78 is 42.5. The number of amides is 2. The number of amidine groups is 1. The van der Waals surface area contributed by atoms with Crippen LogP contribution < -0.4 is 15.0 Å². The van der Waals surface area contributed by atoms with Crippen LogP contribution in [0.1, 0.15) is 16.7 Å². The van der Waals surface area contributed by atoms with E-state index >= 15 is 0 Å². The number of ether oxygens (including phenoxy) is 1. The molecule has 1 aliphatic heterocycles. The fourth-order valence-corrected chi connectivity index (χ4v) is 5.27. The lowest BCUT2D eigenvalue weighted by molar-refractivity contribution is -0.274. The molecule has 0 atom stereocenters. The molecule has 2 amide bonds. The highest BCUT2D eigenvalue weighted by molar-refractivity contribution is 8.14. The minimum absolute atomic E-state index is 0.304. The van der Waals surface area contributed by atoms with Crippen molar-refractivity contribution in [3.8, 4) is 22.8 Å². The molecule has 8 nitrogen and oxygen atoms in total. The molecule has 1 aromatic heterocycles. The molecular weight excluding hydrogens is 541 g/mol. The molecule has 4 aromatic rings. The lowest BCUT2D eigenvalue weighted by Crippen LogP contribution is -2.28. The Kier molecular flexibility index (Phi) is 7.78. The largest absolute Gasteiger partial charge is 0.573 e. The number of aryl methyl sites for hydroxylation is 2. The highest BCUT2D eigenvalue weighted by Crippen LogP contribution is 2.31. The van der Waals surface area contributed by atoms with E-state index in [1.54, 1.807) is 11.8 Å². The van der Waals surface area contributed by atoms with Crippen molar-refractivity contribution in [2.24, 2.45) is 4.99 Å². The van der Waals surface area contributed by atoms with Crippen LogP contribution in [-0.2, 0) is 6.54 Å². The second-order valence-electron chi connectivity index (χ2n) is 9.04. The average Bonchev–Trinajstić information content (AvgIpc) is 3.58. The monoisotopic (exact) mass is 566 g/mol. The Morgan fingerprint density at radius 3 is 2.42 bits per heavy atom. The van der Waals surface area contributed by atoms with Gasteiger partial charge in [0.1, 0.15) is 12.1 Å². The molecule has 12 heteroatoms. The van der Waals surface area contributed by atoms with Crippen molar-refractivity contribution in [1.29, 1.82) is 0 Å². The number of aliphatic imine (C=N–C) groups is 1. The number of rotatable bonds is 6. The first-order valence-corrected chi connectivity index (χ1v) is 13.3. The van der Waals surface area contributed by atoms with Crippen molar-refractivity contribution in [1.82, 2.24) is 20.1 Å². The Labute approximate surface area is 232 Å². The number of thioether (sulfide) groups is 1. The van der Waals surface area contributed by atoms with Crippen LogP contribution in [0.5, 0.6) is 5.75 Å². The number of hydrogen-bond acceptors (Lipinski definition) is 5. The Bertz CT molecular complexity index is 1510. The molecule has 5 rings (SSSR count). The molecule has 206 valence electrons. The second kappa shape index (κ2) is 11.4. The highest BCUT2D eigenvalue weighted by Gasteiger charge is 2.31. The van der Waals surface area contributed by atoms with E-state index in [1.807, 2.05) is 30.3 Å². The SMILES string of the molecule is Cc1cccc(C)c1N1CCS/C1=N\C(=O)NCc1ccc(-c2ncn(-c3ccc(OC(F)(F)F)cc3)n2)cc1. The summed E-state index contributed by atoms with van der Waals surface area (Å²) in [6.07, 6.45) is -3.27. The van der Waals surface area contributed by atoms with Gasteiger partial charge in [-0.25, -0.2) is 14.5 Å². The minimum atomic E-state index is -4.75. The molecule has 3 aromatic carbocycles. The van der Waals surface area contributed by atoms with Crippen LogP contribution >= 0.6 is 11.8 Å². The van der Waals surface area contributed by atoms with E-state index < -0.39 is 12.4 Å². The quantitative estimate of drug-likeness (QED) is 0.296. The van der Waals surface area contributed by atoms with Gasteiger partial charge in [0.2, 0.25) is 0 Å². The number of anilines is 1. The molecule has 1 aliphatic rings. The van der Waals surface area contributed by atoms with Gasteiger partial charge in [0.25, 0.3) is 0 Å². The van der Waals surface area contributed by atoms with Gasteiger partial charge in [0.15, 0.2) is 11.0 Å². The van der Waals surface area contributed by atoms with Crippen molar-refractivity contribution in [3.05, 3.63) is 89.7 Å². The first-order valence-electron chi connectivity index (χ1n) is 12.4. The third-order valence-electron chi connectivity index (χ3n) is 6.17. The van der Waals surface area contributed by atoms with E-state index in [2.05, 4.69) is 56.0 Å². The smallest absolute Gasteiger partial charge is 0.406 e. The zero-order valence-electron chi connectivity index (χ0n) is 21.6. The van der Waals surface area contributed by atoms with Crippen LogP contribution in [0, 0.1) is 13.8 Å². The number of carbonyl (C=O) groups is 1. The standard InChI is InChI=1S/C28H25F3N6O2S/c1-18-4-3-5-19(2)24(18)36-14-15-40-27(36)34-26(38)32-16-20-6-8-21(9-7-20)25-33-17-37(35-25)22-10-12-23(13-11-22)39-28(29,30)31/h3-13,17H,14-16H2,1-2H3,(H,32,38)/b34-27-. The number of benzene rings is 3. The van der Waals surface area contributed by atoms with E-state index in [1.165, 1.54) is 35.3 Å². The van der Waals surface area contributed by atoms with Gasteiger partial charge in [-0.1, -0.05) is 54.2 Å². The van der Waals surface area contributed by atoms with Crippen LogP contribution in [-0.4, -0.2) is 44.6 Å². The van der Waals surface area contributed by atoms with Crippen molar-refractivity contribution in [2.45, 2.75) is 26.8 Å². The summed E-state index contributed by atoms with van der Waals surface area (Å²) in [5.41, 5.74) is 5.54. The third kappa shape index (κ3) is 6.45. The lowest BCUT2D eigenvalue weighted by Gasteiger charge is -2.22. The summed E-state index contributed by atoms with van der Waals surface area (Å²) in [6, 6.07) is 18.5. The Hall–Kier alpha value is -4.32. The van der Waals surface area contributed by atoms with Gasteiger partial charge in [0.05, 0.1) is 5.69 Å². The average molecular weight is 567 g/mol. The van der Waals surface area contributed by atoms with E-state index in [-0.39, 0.29) is 5.75 Å². The third-order valence-corrected chi connectivity index (χ3v) is 7.12. The molecule has 40 heavy (non-hydrogen) atoms. The number of nitrogens with zero attached hydrogens (tertiary/aromatic N) is 5. The summed E-state index contributed by atoms with van der Waals surface area (Å²) in [6.45, 7) is 5.21. The number of aromatic nitrogens is 3. The number of alkyl halides is 3. The first-order chi connectivity index (χ1) is 19.2. The number of urea groups is 1. The molecule has 0 unspecified atom stereocenters. The highest BCUT2D eigenvalue weighted by atomic mass is 32.2. The lowest BCUT2D eigenvalue weighted by atomic mass is 10.1. The maximum atomic E-state index is 12.6. The Morgan fingerprint density at radius 2 is 1.75 bits per heavy atom. The van der Waals surface area contributed by atoms with Gasteiger partial charge >= 0.3 is 12.4 Å². The predicted molar refractivity (Wildman–Crippen MR) is 149 cm³/mol. The normalized spacial score (nSPS) is 14.5. The maximum absolute atomic E-state index is 12.6. The van der Waals surface area contributed by atoms with Crippen LogP contribution in [0.2, 0.25) is 0 Å². The number of carbonyl (C=O) groups excluding carboxylic acids is 1. The molecule has 0 spiro atoms. The van der Waals surface area contributed by atoms with E-state index in [4.69, 9.17) is 0 Å². The minimum Gasteiger partial charge on any atom is -0.406 e. The molecule has 1 N–H and O–H groups in total. The molecule has 0 bridgehead atoms. The summed E-state index contributed by atoms with van der Waals surface area (Å²) in [5, 5.41) is 7.95. The van der Waals surface area contributed by atoms with Crippen molar-refractivity contribution >= 4 is 28.6 Å². The van der Waals surface area contributed by atoms with Gasteiger partial charge in [-0.2, -0.15) is 4.99 Å². The zero-order chi connectivity index (χ0) is 28.3. The van der Waals surface area contributed by atoms with Gasteiger partial charge in [-0.3, -0.25) is 0 Å². The summed E-state index contributed by atoms with van der Waals surface area (Å²) >= 11 is 1.56. The first kappa shape index (κ1) is 27.3. The van der Waals surface area contributed by atoms with Crippen LogP contribution in [0.15, 0.2) is 78.0 Å². The van der Waals surface area contributed by atoms with Crippen molar-refractivity contribution in [2.75, 3.05) is 17.2 Å². The van der Waals surface area contributed by atoms with Gasteiger partial charge in [-0.05, 0) is 54.8 Å². The van der Waals surface area contributed by atoms with Gasteiger partial charge < -0.3 is 15.0 Å². The molecule has 0 aliphatic carbocycles. The molecular formula is C28H25F3N6O2S. The van der Waals surface area contributed by atoms with Gasteiger partial charge in [-0.15, -0.1) is 18.3 Å². The zero-order valence-corrected chi connectivity index (χ0v) is 22.5. The molecule has 0 saturated carbocycles. The van der Waals surface area contributed by atoms with Crippen molar-refractivity contribution < 1.29 is 22.7 Å². The molecule has 0 radical (unpaired) electrons. The van der Waals surface area contributed by atoms with Crippen LogP contribution in [0.4, 0.5) is 23.7 Å². The topological polar surface area (TPSA) is 84.6 Å². The predicted octanol–water partition coefficient (Wildman–Crippen LogP) is 6.27. The molecule has 1 saturated heterocycles.